The number of aromatic nitrogens is 5. The number of rotatable bonds is 6. The van der Waals surface area contributed by atoms with E-state index in [4.69, 9.17) is 24.4 Å². The summed E-state index contributed by atoms with van der Waals surface area (Å²) in [7, 11) is 0. The minimum atomic E-state index is 0.558. The minimum absolute atomic E-state index is 0.558. The van der Waals surface area contributed by atoms with E-state index in [0.717, 1.165) is 71.8 Å². The van der Waals surface area contributed by atoms with E-state index >= 15 is 0 Å². The standard InChI is InChI=1S/C46H29N5O/c1-3-12-30(13-4-1)34-16-11-17-36(28-34)45-49-43(32-14-5-2-6-15-32)48-44(50-45)33-24-22-31(23-25-33)35-26-27-41-38(29-35)37-18-7-9-20-40(37)51(41)46-47-39-19-8-10-21-42(39)52-46/h1-29H. The smallest absolute Gasteiger partial charge is 0.307 e. The number of nitrogens with zero attached hydrogens (tertiary/aromatic N) is 5. The van der Waals surface area contributed by atoms with Crippen LogP contribution in [0, 0.1) is 0 Å². The van der Waals surface area contributed by atoms with Gasteiger partial charge < -0.3 is 4.42 Å². The highest BCUT2D eigenvalue weighted by molar-refractivity contribution is 6.10. The monoisotopic (exact) mass is 667 g/mol. The lowest BCUT2D eigenvalue weighted by Crippen LogP contribution is -2.00. The van der Waals surface area contributed by atoms with Crippen LogP contribution in [-0.4, -0.2) is 24.5 Å². The number of hydrogen-bond acceptors (Lipinski definition) is 5. The molecule has 0 fully saturated rings. The molecule has 244 valence electrons. The molecule has 0 aliphatic carbocycles. The molecule has 10 rings (SSSR count). The number of benzene rings is 7. The van der Waals surface area contributed by atoms with Crippen molar-refractivity contribution in [3.8, 4) is 62.4 Å². The Morgan fingerprint density at radius 3 is 1.63 bits per heavy atom. The zero-order valence-corrected chi connectivity index (χ0v) is 27.9. The molecule has 0 bridgehead atoms. The van der Waals surface area contributed by atoms with Gasteiger partial charge in [0.05, 0.1) is 11.0 Å². The van der Waals surface area contributed by atoms with Crippen molar-refractivity contribution in [2.45, 2.75) is 0 Å². The average Bonchev–Trinajstić information content (AvgIpc) is 3.80. The van der Waals surface area contributed by atoms with Crippen molar-refractivity contribution < 1.29 is 4.42 Å². The van der Waals surface area contributed by atoms with Crippen molar-refractivity contribution in [2.24, 2.45) is 0 Å². The third-order valence-electron chi connectivity index (χ3n) is 9.52. The van der Waals surface area contributed by atoms with Gasteiger partial charge in [0.2, 0.25) is 0 Å². The van der Waals surface area contributed by atoms with Crippen LogP contribution in [0.2, 0.25) is 0 Å². The van der Waals surface area contributed by atoms with Crippen LogP contribution in [-0.2, 0) is 0 Å². The molecule has 0 N–H and O–H groups in total. The summed E-state index contributed by atoms with van der Waals surface area (Å²) in [5.74, 6) is 1.89. The van der Waals surface area contributed by atoms with Crippen LogP contribution in [0.15, 0.2) is 180 Å². The fourth-order valence-electron chi connectivity index (χ4n) is 6.94. The van der Waals surface area contributed by atoms with Gasteiger partial charge in [-0.3, -0.25) is 4.57 Å². The third kappa shape index (κ3) is 5.22. The molecule has 3 heterocycles. The Kier molecular flexibility index (Phi) is 7.03. The Bertz CT molecular complexity index is 2860. The van der Waals surface area contributed by atoms with Crippen LogP contribution in [0.4, 0.5) is 0 Å². The van der Waals surface area contributed by atoms with Crippen molar-refractivity contribution in [2.75, 3.05) is 0 Å². The number of oxazole rings is 1. The van der Waals surface area contributed by atoms with Crippen molar-refractivity contribution in [3.63, 3.8) is 0 Å². The molecule has 3 aromatic heterocycles. The van der Waals surface area contributed by atoms with Gasteiger partial charge in [-0.2, -0.15) is 4.98 Å². The summed E-state index contributed by atoms with van der Waals surface area (Å²) >= 11 is 0. The summed E-state index contributed by atoms with van der Waals surface area (Å²) in [6.07, 6.45) is 0. The summed E-state index contributed by atoms with van der Waals surface area (Å²) in [6.45, 7) is 0. The molecule has 0 atom stereocenters. The minimum Gasteiger partial charge on any atom is -0.423 e. The van der Waals surface area contributed by atoms with E-state index in [1.807, 2.05) is 60.7 Å². The molecular weight excluding hydrogens is 639 g/mol. The maximum absolute atomic E-state index is 6.23. The highest BCUT2D eigenvalue weighted by atomic mass is 16.4. The van der Waals surface area contributed by atoms with E-state index in [0.29, 0.717) is 23.5 Å². The summed E-state index contributed by atoms with van der Waals surface area (Å²) < 4.78 is 8.34. The van der Waals surface area contributed by atoms with E-state index in [1.165, 1.54) is 0 Å². The molecule has 6 heteroatoms. The summed E-state index contributed by atoms with van der Waals surface area (Å²) in [6, 6.07) is 60.6. The Balaban J connectivity index is 1.05. The van der Waals surface area contributed by atoms with Crippen LogP contribution in [0.3, 0.4) is 0 Å². The zero-order chi connectivity index (χ0) is 34.4. The first-order valence-electron chi connectivity index (χ1n) is 17.2. The van der Waals surface area contributed by atoms with Crippen LogP contribution < -0.4 is 0 Å². The molecule has 6 nitrogen and oxygen atoms in total. The Hall–Kier alpha value is -7.18. The summed E-state index contributed by atoms with van der Waals surface area (Å²) in [4.78, 5) is 19.8. The second kappa shape index (κ2) is 12.3. The van der Waals surface area contributed by atoms with Gasteiger partial charge >= 0.3 is 6.01 Å². The van der Waals surface area contributed by atoms with Crippen molar-refractivity contribution in [1.82, 2.24) is 24.5 Å². The normalized spacial score (nSPS) is 11.5. The molecule has 0 aliphatic rings. The van der Waals surface area contributed by atoms with Gasteiger partial charge in [0.1, 0.15) is 5.52 Å². The molecule has 0 amide bonds. The quantitative estimate of drug-likeness (QED) is 0.176. The molecule has 0 radical (unpaired) electrons. The van der Waals surface area contributed by atoms with Gasteiger partial charge in [-0.1, -0.05) is 140 Å². The largest absolute Gasteiger partial charge is 0.423 e. The van der Waals surface area contributed by atoms with Gasteiger partial charge in [0.25, 0.3) is 0 Å². The average molecular weight is 668 g/mol. The number of hydrogen-bond donors (Lipinski definition) is 0. The van der Waals surface area contributed by atoms with Crippen LogP contribution >= 0.6 is 0 Å². The number of para-hydroxylation sites is 3. The molecule has 0 unspecified atom stereocenters. The van der Waals surface area contributed by atoms with Gasteiger partial charge in [-0.25, -0.2) is 15.0 Å². The lowest BCUT2D eigenvalue weighted by atomic mass is 10.0. The first kappa shape index (κ1) is 29.7. The van der Waals surface area contributed by atoms with E-state index < -0.39 is 0 Å². The maximum atomic E-state index is 6.23. The van der Waals surface area contributed by atoms with Crippen molar-refractivity contribution in [1.29, 1.82) is 0 Å². The first-order chi connectivity index (χ1) is 25.7. The predicted molar refractivity (Wildman–Crippen MR) is 209 cm³/mol. The van der Waals surface area contributed by atoms with Gasteiger partial charge in [0, 0.05) is 27.5 Å². The first-order valence-corrected chi connectivity index (χ1v) is 17.2. The fraction of sp³-hybridized carbons (Fsp3) is 0. The third-order valence-corrected chi connectivity index (χ3v) is 9.52. The van der Waals surface area contributed by atoms with E-state index in [2.05, 4.69) is 120 Å². The highest BCUT2D eigenvalue weighted by Gasteiger charge is 2.18. The van der Waals surface area contributed by atoms with Gasteiger partial charge in [0.15, 0.2) is 23.1 Å². The molecule has 10 aromatic rings. The zero-order valence-electron chi connectivity index (χ0n) is 27.9. The summed E-state index contributed by atoms with van der Waals surface area (Å²) in [5.41, 5.74) is 10.9. The molecule has 7 aromatic carbocycles. The Morgan fingerprint density at radius 2 is 0.865 bits per heavy atom. The van der Waals surface area contributed by atoms with Crippen molar-refractivity contribution in [3.05, 3.63) is 176 Å². The highest BCUT2D eigenvalue weighted by Crippen LogP contribution is 2.36. The lowest BCUT2D eigenvalue weighted by Gasteiger charge is -2.10. The van der Waals surface area contributed by atoms with Gasteiger partial charge in [-0.05, 0) is 58.7 Å². The SMILES string of the molecule is c1ccc(-c2cccc(-c3nc(-c4ccccc4)nc(-c4ccc(-c5ccc6c(c5)c5ccccc5n6-c5nc6ccccc6o5)cc4)n3)c2)cc1. The van der Waals surface area contributed by atoms with Crippen LogP contribution in [0.1, 0.15) is 0 Å². The van der Waals surface area contributed by atoms with Crippen LogP contribution in [0.25, 0.3) is 95.3 Å². The Morgan fingerprint density at radius 1 is 0.346 bits per heavy atom. The second-order valence-electron chi connectivity index (χ2n) is 12.7. The number of fused-ring (bicyclic) bond motifs is 4. The Labute approximate surface area is 299 Å². The molecule has 52 heavy (non-hydrogen) atoms. The fourth-order valence-corrected chi connectivity index (χ4v) is 6.94. The molecule has 0 saturated heterocycles. The second-order valence-corrected chi connectivity index (χ2v) is 12.7. The van der Waals surface area contributed by atoms with E-state index in [-0.39, 0.29) is 0 Å². The van der Waals surface area contributed by atoms with E-state index in [9.17, 15) is 0 Å². The van der Waals surface area contributed by atoms with Gasteiger partial charge in [-0.15, -0.1) is 0 Å². The van der Waals surface area contributed by atoms with Crippen molar-refractivity contribution >= 4 is 32.9 Å². The predicted octanol–water partition coefficient (Wildman–Crippen LogP) is 11.4. The molecule has 0 saturated carbocycles. The summed E-state index contributed by atoms with van der Waals surface area (Å²) in [5, 5.41) is 2.27. The van der Waals surface area contributed by atoms with E-state index in [1.54, 1.807) is 0 Å². The molecular formula is C46H29N5O. The lowest BCUT2D eigenvalue weighted by molar-refractivity contribution is 0.574. The maximum Gasteiger partial charge on any atom is 0.307 e. The molecule has 0 aliphatic heterocycles. The molecule has 0 spiro atoms. The van der Waals surface area contributed by atoms with Crippen LogP contribution in [0.5, 0.6) is 0 Å². The topological polar surface area (TPSA) is 69.6 Å².